The number of aliphatic hydroxyl groups is 1. The first-order chi connectivity index (χ1) is 19.1. The van der Waals surface area contributed by atoms with Gasteiger partial charge >= 0.3 is 13.4 Å². The van der Waals surface area contributed by atoms with E-state index in [1.807, 2.05) is 0 Å². The molecule has 5 atom stereocenters. The number of morpholine rings is 1. The summed E-state index contributed by atoms with van der Waals surface area (Å²) in [6.45, 7) is 3.00. The van der Waals surface area contributed by atoms with Gasteiger partial charge in [-0.25, -0.2) is 29.1 Å². The van der Waals surface area contributed by atoms with E-state index in [2.05, 4.69) is 25.3 Å². The van der Waals surface area contributed by atoms with Gasteiger partial charge in [-0.15, -0.1) is 0 Å². The van der Waals surface area contributed by atoms with Gasteiger partial charge in [0, 0.05) is 44.5 Å². The minimum Gasteiger partial charge on any atom is -0.396 e. The molecule has 3 aromatic rings. The molecule has 0 bridgehead atoms. The minimum atomic E-state index is -3.60. The van der Waals surface area contributed by atoms with Crippen LogP contribution in [0.5, 0.6) is 0 Å². The van der Waals surface area contributed by atoms with E-state index in [-0.39, 0.29) is 31.5 Å². The van der Waals surface area contributed by atoms with E-state index >= 15 is 0 Å². The number of nitrogens with two attached hydrogens (primary N) is 1. The molecular weight excluding hydrogens is 543 g/mol. The number of fused-ring (bicyclic) bond motifs is 1. The summed E-state index contributed by atoms with van der Waals surface area (Å²) in [4.78, 5) is 39.4. The zero-order valence-electron chi connectivity index (χ0n) is 22.6. The number of nitrogens with one attached hydrogen (secondary N) is 2. The summed E-state index contributed by atoms with van der Waals surface area (Å²) in [5, 5.41) is 13.3. The number of nitrogens with zero attached hydrogens (tertiary/aromatic N) is 7. The van der Waals surface area contributed by atoms with Crippen LogP contribution >= 0.6 is 7.67 Å². The molecule has 2 fully saturated rings. The first-order valence-electron chi connectivity index (χ1n) is 13.0. The van der Waals surface area contributed by atoms with Gasteiger partial charge in [0.2, 0.25) is 0 Å². The van der Waals surface area contributed by atoms with E-state index in [4.69, 9.17) is 15.0 Å². The maximum Gasteiger partial charge on any atom is 0.345 e. The van der Waals surface area contributed by atoms with Crippen molar-refractivity contribution in [2.24, 2.45) is 5.92 Å². The van der Waals surface area contributed by atoms with Gasteiger partial charge in [-0.1, -0.05) is 0 Å². The molecule has 2 aliphatic heterocycles. The fourth-order valence-corrected chi connectivity index (χ4v) is 7.30. The minimum absolute atomic E-state index is 0.0192. The van der Waals surface area contributed by atoms with E-state index < -0.39 is 37.3 Å². The van der Waals surface area contributed by atoms with Crippen LogP contribution in [0.25, 0.3) is 11.2 Å². The normalized spacial score (nSPS) is 25.8. The van der Waals surface area contributed by atoms with Crippen molar-refractivity contribution in [2.45, 2.75) is 31.7 Å². The highest BCUT2D eigenvalue weighted by atomic mass is 31.2. The fourth-order valence-electron chi connectivity index (χ4n) is 5.21. The van der Waals surface area contributed by atoms with Crippen LogP contribution in [-0.4, -0.2) is 103 Å². The molecule has 17 heteroatoms. The highest BCUT2D eigenvalue weighted by Crippen LogP contribution is 2.55. The van der Waals surface area contributed by atoms with Crippen LogP contribution in [0.2, 0.25) is 0 Å². The molecule has 218 valence electrons. The number of ether oxygens (including phenoxy) is 1. The lowest BCUT2D eigenvalue weighted by Crippen LogP contribution is -2.47. The van der Waals surface area contributed by atoms with Gasteiger partial charge in [-0.05, 0) is 33.4 Å². The number of hydrogen-bond acceptors (Lipinski definition) is 11. The number of imidazole rings is 1. The molecule has 16 nitrogen and oxygen atoms in total. The van der Waals surface area contributed by atoms with E-state index in [1.54, 1.807) is 36.6 Å². The Kier molecular flexibility index (Phi) is 8.20. The van der Waals surface area contributed by atoms with Crippen molar-refractivity contribution in [3.05, 3.63) is 45.3 Å². The standard InChI is InChI=1S/C23H35N10O6P/c1-14-7-32(23(36)29-22(14)35)16-4-15(10-34)8-31(9-16)40(37,30(2)3)38-11-17-5-25-6-18(39-17)33-13-28-19-20(24)26-12-27-21(19)33/h7,12-13,15-18,25,34H,4-6,8-11H2,1-3H3,(H2,24,26,27)(H,29,35,36)/t15-,16?,17-,18?,40-/m0/s1. The monoisotopic (exact) mass is 578 g/mol. The number of aromatic amines is 1. The third-order valence-corrected chi connectivity index (χ3v) is 9.86. The van der Waals surface area contributed by atoms with Gasteiger partial charge in [0.25, 0.3) is 5.56 Å². The Hall–Kier alpha value is -2.98. The zero-order valence-corrected chi connectivity index (χ0v) is 23.5. The smallest absolute Gasteiger partial charge is 0.345 e. The quantitative estimate of drug-likeness (QED) is 0.245. The number of hydrogen-bond donors (Lipinski definition) is 4. The molecule has 0 radical (unpaired) electrons. The molecular formula is C23H35N10O6P. The third-order valence-electron chi connectivity index (χ3n) is 7.32. The molecule has 0 saturated carbocycles. The molecule has 2 unspecified atom stereocenters. The molecule has 3 aromatic heterocycles. The molecule has 0 aliphatic carbocycles. The van der Waals surface area contributed by atoms with Gasteiger partial charge < -0.3 is 25.4 Å². The Morgan fingerprint density at radius 1 is 1.23 bits per heavy atom. The maximum atomic E-state index is 14.4. The molecule has 2 saturated heterocycles. The van der Waals surface area contributed by atoms with Crippen molar-refractivity contribution in [1.82, 2.24) is 43.7 Å². The lowest BCUT2D eigenvalue weighted by atomic mass is 9.96. The predicted molar refractivity (Wildman–Crippen MR) is 146 cm³/mol. The van der Waals surface area contributed by atoms with Crippen molar-refractivity contribution < 1.29 is 18.9 Å². The molecule has 5 heterocycles. The SMILES string of the molecule is Cc1cn(C2C[C@H](CO)CN([P@@](=O)(OC[C@@H]3CNCC(n4cnc5c(N)ncnc54)O3)N(C)C)C2)c(=O)[nH]c1=O. The van der Waals surface area contributed by atoms with Crippen LogP contribution in [0.1, 0.15) is 24.3 Å². The Balaban J connectivity index is 1.33. The summed E-state index contributed by atoms with van der Waals surface area (Å²) in [6.07, 6.45) is 4.06. The number of nitrogen functional groups attached to an aromatic ring is 1. The van der Waals surface area contributed by atoms with Crippen LogP contribution in [0, 0.1) is 12.8 Å². The first-order valence-corrected chi connectivity index (χ1v) is 14.5. The zero-order chi connectivity index (χ0) is 28.6. The summed E-state index contributed by atoms with van der Waals surface area (Å²) in [5.41, 5.74) is 6.33. The second kappa shape index (κ2) is 11.5. The second-order valence-corrected chi connectivity index (χ2v) is 13.0. The number of rotatable bonds is 8. The molecule has 2 aliphatic rings. The summed E-state index contributed by atoms with van der Waals surface area (Å²) < 4.78 is 33.2. The number of H-pyrrole nitrogens is 1. The Morgan fingerprint density at radius 2 is 2.02 bits per heavy atom. The highest BCUT2D eigenvalue weighted by Gasteiger charge is 2.42. The third kappa shape index (κ3) is 5.48. The maximum absolute atomic E-state index is 14.4. The number of aliphatic hydroxyl groups excluding tert-OH is 1. The molecule has 40 heavy (non-hydrogen) atoms. The highest BCUT2D eigenvalue weighted by molar-refractivity contribution is 7.53. The first kappa shape index (κ1) is 28.5. The van der Waals surface area contributed by atoms with E-state index in [9.17, 15) is 19.3 Å². The topological polar surface area (TPSA) is 199 Å². The fraction of sp³-hybridized carbons (Fsp3) is 0.609. The van der Waals surface area contributed by atoms with E-state index in [0.717, 1.165) is 0 Å². The molecule has 0 aromatic carbocycles. The molecule has 5 N–H and O–H groups in total. The van der Waals surface area contributed by atoms with Crippen LogP contribution in [0.3, 0.4) is 0 Å². The van der Waals surface area contributed by atoms with Gasteiger partial charge in [-0.3, -0.25) is 23.5 Å². The Labute approximate surface area is 229 Å². The number of aromatic nitrogens is 6. The summed E-state index contributed by atoms with van der Waals surface area (Å²) >= 11 is 0. The Bertz CT molecular complexity index is 1520. The molecule has 5 rings (SSSR count). The number of piperidine rings is 1. The van der Waals surface area contributed by atoms with Crippen molar-refractivity contribution in [3.63, 3.8) is 0 Å². The van der Waals surface area contributed by atoms with Gasteiger partial charge in [-0.2, -0.15) is 0 Å². The molecule has 0 amide bonds. The van der Waals surface area contributed by atoms with Gasteiger partial charge in [0.15, 0.2) is 11.5 Å². The predicted octanol–water partition coefficient (Wildman–Crippen LogP) is -0.704. The van der Waals surface area contributed by atoms with Crippen LogP contribution in [-0.2, 0) is 13.8 Å². The van der Waals surface area contributed by atoms with Crippen molar-refractivity contribution in [3.8, 4) is 0 Å². The average molecular weight is 579 g/mol. The number of anilines is 1. The number of aryl methyl sites for hydroxylation is 1. The van der Waals surface area contributed by atoms with Crippen LogP contribution in [0.4, 0.5) is 5.82 Å². The van der Waals surface area contributed by atoms with Crippen molar-refractivity contribution in [1.29, 1.82) is 0 Å². The van der Waals surface area contributed by atoms with Crippen molar-refractivity contribution >= 4 is 24.7 Å². The van der Waals surface area contributed by atoms with Crippen LogP contribution in [0.15, 0.2) is 28.4 Å². The van der Waals surface area contributed by atoms with Gasteiger partial charge in [0.1, 0.15) is 18.1 Å². The summed E-state index contributed by atoms with van der Waals surface area (Å²) in [5.74, 6) is 0.0234. The average Bonchev–Trinajstić information content (AvgIpc) is 3.39. The summed E-state index contributed by atoms with van der Waals surface area (Å²) in [6, 6.07) is -0.424. The van der Waals surface area contributed by atoms with Gasteiger partial charge in [0.05, 0.1) is 25.1 Å². The van der Waals surface area contributed by atoms with Crippen LogP contribution < -0.4 is 22.3 Å². The largest absolute Gasteiger partial charge is 0.396 e. The second-order valence-electron chi connectivity index (χ2n) is 10.4. The lowest BCUT2D eigenvalue weighted by molar-refractivity contribution is -0.0912. The lowest BCUT2D eigenvalue weighted by Gasteiger charge is -2.43. The summed E-state index contributed by atoms with van der Waals surface area (Å²) in [7, 11) is -0.268. The van der Waals surface area contributed by atoms with Crippen molar-refractivity contribution in [2.75, 3.05) is 59.2 Å². The van der Waals surface area contributed by atoms with E-state index in [0.29, 0.717) is 42.8 Å². The van der Waals surface area contributed by atoms with E-state index in [1.165, 1.54) is 21.8 Å². The Morgan fingerprint density at radius 3 is 2.77 bits per heavy atom. The molecule has 0 spiro atoms.